The Morgan fingerprint density at radius 3 is 2.83 bits per heavy atom. The van der Waals surface area contributed by atoms with E-state index in [1.54, 1.807) is 17.6 Å². The summed E-state index contributed by atoms with van der Waals surface area (Å²) in [7, 11) is 0. The van der Waals surface area contributed by atoms with Gasteiger partial charge in [0.05, 0.1) is 6.61 Å². The molecule has 2 rings (SSSR count). The maximum atomic E-state index is 13.5. The molecule has 0 bridgehead atoms. The van der Waals surface area contributed by atoms with Crippen LogP contribution < -0.4 is 0 Å². The van der Waals surface area contributed by atoms with E-state index in [1.165, 1.54) is 30.5 Å². The second-order valence-corrected chi connectivity index (χ2v) is 4.97. The molecule has 0 amide bonds. The molecule has 118 valence electrons. The Bertz CT molecular complexity index is 849. The number of carbonyl (C=O) groups excluding carboxylic acids is 2. The summed E-state index contributed by atoms with van der Waals surface area (Å²) in [5, 5.41) is 8.48. The summed E-state index contributed by atoms with van der Waals surface area (Å²) >= 11 is 5.32. The lowest BCUT2D eigenvalue weighted by molar-refractivity contribution is -0.143. The Labute approximate surface area is 136 Å². The molecule has 1 aromatic heterocycles. The van der Waals surface area contributed by atoms with Crippen LogP contribution >= 0.6 is 11.6 Å². The van der Waals surface area contributed by atoms with Crippen LogP contribution in [0, 0.1) is 17.1 Å². The van der Waals surface area contributed by atoms with Crippen LogP contribution in [0.1, 0.15) is 12.5 Å². The van der Waals surface area contributed by atoms with Crippen molar-refractivity contribution in [2.75, 3.05) is 6.61 Å². The summed E-state index contributed by atoms with van der Waals surface area (Å²) < 4.78 is 20.0. The van der Waals surface area contributed by atoms with Crippen LogP contribution in [0.3, 0.4) is 0 Å². The largest absolute Gasteiger partial charge is 0.465 e. The van der Waals surface area contributed by atoms with Crippen molar-refractivity contribution < 1.29 is 18.7 Å². The summed E-state index contributed by atoms with van der Waals surface area (Å²) in [6.07, 6.45) is 2.80. The molecule has 1 aromatic carbocycles. The van der Waals surface area contributed by atoms with Crippen LogP contribution in [-0.4, -0.2) is 22.4 Å². The summed E-state index contributed by atoms with van der Waals surface area (Å²) in [6, 6.07) is 5.71. The SMILES string of the molecule is CCOC(=O)Cn1cc(/C=C(\C#N)C(=O)Cl)c2cc(F)ccc21. The number of nitriles is 1. The van der Waals surface area contributed by atoms with Gasteiger partial charge in [0, 0.05) is 22.7 Å². The average molecular weight is 335 g/mol. The number of benzene rings is 1. The first kappa shape index (κ1) is 16.7. The Morgan fingerprint density at radius 1 is 1.48 bits per heavy atom. The first-order chi connectivity index (χ1) is 11.0. The monoisotopic (exact) mass is 334 g/mol. The number of rotatable bonds is 5. The third-order valence-corrected chi connectivity index (χ3v) is 3.31. The van der Waals surface area contributed by atoms with Gasteiger partial charge in [-0.3, -0.25) is 9.59 Å². The molecule has 0 aliphatic heterocycles. The van der Waals surface area contributed by atoms with E-state index in [1.807, 2.05) is 0 Å². The summed E-state index contributed by atoms with van der Waals surface area (Å²) in [5.74, 6) is -0.921. The number of allylic oxidation sites excluding steroid dienone is 1. The third kappa shape index (κ3) is 3.76. The lowest BCUT2D eigenvalue weighted by Crippen LogP contribution is -2.12. The zero-order valence-corrected chi connectivity index (χ0v) is 12.9. The standard InChI is InChI=1S/C16H12ClFN2O3/c1-2-23-15(21)9-20-8-11(5-10(7-19)16(17)22)13-6-12(18)3-4-14(13)20/h3-6,8H,2,9H2,1H3/b10-5+. The Balaban J connectivity index is 2.57. The van der Waals surface area contributed by atoms with Crippen LogP contribution in [0.15, 0.2) is 30.0 Å². The normalized spacial score (nSPS) is 11.3. The zero-order chi connectivity index (χ0) is 17.0. The van der Waals surface area contributed by atoms with Crippen molar-refractivity contribution in [3.63, 3.8) is 0 Å². The molecular formula is C16H12ClFN2O3. The minimum Gasteiger partial charge on any atom is -0.465 e. The van der Waals surface area contributed by atoms with Crippen molar-refractivity contribution in [1.29, 1.82) is 5.26 Å². The molecule has 23 heavy (non-hydrogen) atoms. The van der Waals surface area contributed by atoms with E-state index in [2.05, 4.69) is 0 Å². The summed E-state index contributed by atoms with van der Waals surface area (Å²) in [6.45, 7) is 1.87. The van der Waals surface area contributed by atoms with Crippen molar-refractivity contribution in [3.8, 4) is 6.07 Å². The van der Waals surface area contributed by atoms with Gasteiger partial charge in [-0.25, -0.2) is 4.39 Å². The second-order valence-electron chi connectivity index (χ2n) is 4.62. The lowest BCUT2D eigenvalue weighted by Gasteiger charge is -2.04. The number of aromatic nitrogens is 1. The molecule has 0 fully saturated rings. The number of ether oxygens (including phenoxy) is 1. The number of nitrogens with zero attached hydrogens (tertiary/aromatic N) is 2. The number of hydrogen-bond acceptors (Lipinski definition) is 4. The fourth-order valence-electron chi connectivity index (χ4n) is 2.18. The Hall–Kier alpha value is -2.65. The number of halogens is 2. The van der Waals surface area contributed by atoms with Gasteiger partial charge in [-0.15, -0.1) is 0 Å². The van der Waals surface area contributed by atoms with Gasteiger partial charge in [-0.1, -0.05) is 0 Å². The molecule has 0 radical (unpaired) electrons. The molecule has 0 saturated heterocycles. The van der Waals surface area contributed by atoms with Crippen LogP contribution in [-0.2, 0) is 20.9 Å². The molecule has 5 nitrogen and oxygen atoms in total. The minimum absolute atomic E-state index is 0.0689. The van der Waals surface area contributed by atoms with Crippen molar-refractivity contribution in [3.05, 3.63) is 41.3 Å². The van der Waals surface area contributed by atoms with Gasteiger partial charge in [0.15, 0.2) is 0 Å². The fraction of sp³-hybridized carbons (Fsp3) is 0.188. The summed E-state index contributed by atoms with van der Waals surface area (Å²) in [5.41, 5.74) is 0.713. The molecule has 2 aromatic rings. The first-order valence-corrected chi connectivity index (χ1v) is 7.09. The van der Waals surface area contributed by atoms with Gasteiger partial charge in [0.2, 0.25) is 0 Å². The molecule has 1 heterocycles. The van der Waals surface area contributed by atoms with E-state index in [9.17, 15) is 14.0 Å². The van der Waals surface area contributed by atoms with Gasteiger partial charge in [-0.05, 0) is 42.8 Å². The molecule has 0 atom stereocenters. The molecule has 0 aliphatic rings. The van der Waals surface area contributed by atoms with E-state index in [-0.39, 0.29) is 18.7 Å². The van der Waals surface area contributed by atoms with Gasteiger partial charge >= 0.3 is 5.97 Å². The Kier molecular flexibility index (Phi) is 5.14. The quantitative estimate of drug-likeness (QED) is 0.365. The first-order valence-electron chi connectivity index (χ1n) is 6.72. The van der Waals surface area contributed by atoms with Gasteiger partial charge < -0.3 is 9.30 Å². The third-order valence-electron chi connectivity index (χ3n) is 3.11. The molecule has 0 unspecified atom stereocenters. The number of fused-ring (bicyclic) bond motifs is 1. The van der Waals surface area contributed by atoms with E-state index in [4.69, 9.17) is 21.6 Å². The van der Waals surface area contributed by atoms with E-state index in [0.717, 1.165) is 0 Å². The van der Waals surface area contributed by atoms with Crippen LogP contribution in [0.25, 0.3) is 17.0 Å². The van der Waals surface area contributed by atoms with Crippen molar-refractivity contribution in [2.24, 2.45) is 0 Å². The molecule has 0 saturated carbocycles. The number of carbonyl (C=O) groups is 2. The average Bonchev–Trinajstić information content (AvgIpc) is 2.81. The zero-order valence-electron chi connectivity index (χ0n) is 12.2. The smallest absolute Gasteiger partial charge is 0.325 e. The summed E-state index contributed by atoms with van der Waals surface area (Å²) in [4.78, 5) is 22.8. The van der Waals surface area contributed by atoms with E-state index in [0.29, 0.717) is 16.5 Å². The minimum atomic E-state index is -0.907. The van der Waals surface area contributed by atoms with Crippen LogP contribution in [0.2, 0.25) is 0 Å². The number of esters is 1. The highest BCUT2D eigenvalue weighted by atomic mass is 35.5. The van der Waals surface area contributed by atoms with Gasteiger partial charge in [0.25, 0.3) is 5.24 Å². The highest BCUT2D eigenvalue weighted by Crippen LogP contribution is 2.25. The molecule has 0 N–H and O–H groups in total. The predicted molar refractivity (Wildman–Crippen MR) is 83.0 cm³/mol. The molecule has 0 spiro atoms. The van der Waals surface area contributed by atoms with Crippen LogP contribution in [0.4, 0.5) is 4.39 Å². The van der Waals surface area contributed by atoms with Crippen molar-refractivity contribution >= 4 is 39.8 Å². The highest BCUT2D eigenvalue weighted by Gasteiger charge is 2.13. The predicted octanol–water partition coefficient (Wildman–Crippen LogP) is 3.02. The second kappa shape index (κ2) is 7.07. The maximum absolute atomic E-state index is 13.5. The molecule has 0 aliphatic carbocycles. The van der Waals surface area contributed by atoms with E-state index < -0.39 is 17.0 Å². The van der Waals surface area contributed by atoms with Crippen LogP contribution in [0.5, 0.6) is 0 Å². The highest BCUT2D eigenvalue weighted by molar-refractivity contribution is 6.68. The number of hydrogen-bond donors (Lipinski definition) is 0. The van der Waals surface area contributed by atoms with Crippen molar-refractivity contribution in [1.82, 2.24) is 4.57 Å². The molecular weight excluding hydrogens is 323 g/mol. The molecule has 7 heteroatoms. The van der Waals surface area contributed by atoms with E-state index >= 15 is 0 Å². The lowest BCUT2D eigenvalue weighted by atomic mass is 10.1. The van der Waals surface area contributed by atoms with Gasteiger partial charge in [-0.2, -0.15) is 5.26 Å². The Morgan fingerprint density at radius 2 is 2.22 bits per heavy atom. The maximum Gasteiger partial charge on any atom is 0.325 e. The van der Waals surface area contributed by atoms with Gasteiger partial charge in [0.1, 0.15) is 24.0 Å². The topological polar surface area (TPSA) is 72.1 Å². The fourth-order valence-corrected chi connectivity index (χ4v) is 2.27. The van der Waals surface area contributed by atoms with Crippen molar-refractivity contribution in [2.45, 2.75) is 13.5 Å².